The SMILES string of the molecule is CCCCCCCC(=O)Oc1cn(Br)c2cc(Cl)ccc12. The normalized spacial score (nSPS) is 11.0. The van der Waals surface area contributed by atoms with Crippen LogP contribution in [-0.4, -0.2) is 9.56 Å². The summed E-state index contributed by atoms with van der Waals surface area (Å²) < 4.78 is 7.20. The molecular formula is C16H19BrClNO2. The van der Waals surface area contributed by atoms with Crippen LogP contribution in [0.1, 0.15) is 45.4 Å². The van der Waals surface area contributed by atoms with E-state index in [2.05, 4.69) is 23.1 Å². The molecule has 0 saturated carbocycles. The summed E-state index contributed by atoms with van der Waals surface area (Å²) in [4.78, 5) is 11.9. The van der Waals surface area contributed by atoms with Gasteiger partial charge in [0.15, 0.2) is 5.75 Å². The Morgan fingerprint density at radius 1 is 1.29 bits per heavy atom. The summed E-state index contributed by atoms with van der Waals surface area (Å²) in [5.41, 5.74) is 0.883. The third kappa shape index (κ3) is 4.48. The second kappa shape index (κ2) is 7.85. The number of nitrogens with zero attached hydrogens (tertiary/aromatic N) is 1. The van der Waals surface area contributed by atoms with Crippen molar-refractivity contribution in [1.29, 1.82) is 0 Å². The Hall–Kier alpha value is -1.00. The van der Waals surface area contributed by atoms with Gasteiger partial charge in [-0.15, -0.1) is 0 Å². The first kappa shape index (κ1) is 16.4. The molecule has 0 atom stereocenters. The number of hydrogen-bond donors (Lipinski definition) is 0. The van der Waals surface area contributed by atoms with E-state index in [1.165, 1.54) is 19.3 Å². The molecule has 0 amide bonds. The van der Waals surface area contributed by atoms with E-state index in [1.54, 1.807) is 15.9 Å². The van der Waals surface area contributed by atoms with E-state index in [0.717, 1.165) is 23.7 Å². The Balaban J connectivity index is 1.95. The first-order valence-electron chi connectivity index (χ1n) is 7.29. The molecule has 0 aliphatic carbocycles. The molecule has 1 aromatic heterocycles. The van der Waals surface area contributed by atoms with Gasteiger partial charge in [-0.05, 0) is 24.6 Å². The number of benzene rings is 1. The topological polar surface area (TPSA) is 31.2 Å². The minimum Gasteiger partial charge on any atom is -0.424 e. The second-order valence-electron chi connectivity index (χ2n) is 5.10. The number of unbranched alkanes of at least 4 members (excludes halogenated alkanes) is 4. The zero-order chi connectivity index (χ0) is 15.2. The Labute approximate surface area is 138 Å². The molecule has 114 valence electrons. The van der Waals surface area contributed by atoms with Crippen LogP contribution in [0.25, 0.3) is 10.9 Å². The molecule has 1 heterocycles. The fraction of sp³-hybridized carbons (Fsp3) is 0.438. The number of carbonyl (C=O) groups is 1. The van der Waals surface area contributed by atoms with Crippen molar-refractivity contribution >= 4 is 44.6 Å². The van der Waals surface area contributed by atoms with E-state index < -0.39 is 0 Å². The average Bonchev–Trinajstić information content (AvgIpc) is 2.74. The zero-order valence-electron chi connectivity index (χ0n) is 12.1. The highest BCUT2D eigenvalue weighted by atomic mass is 79.9. The van der Waals surface area contributed by atoms with Crippen molar-refractivity contribution in [2.75, 3.05) is 0 Å². The van der Waals surface area contributed by atoms with Crippen molar-refractivity contribution in [2.24, 2.45) is 0 Å². The quantitative estimate of drug-likeness (QED) is 0.460. The van der Waals surface area contributed by atoms with Crippen molar-refractivity contribution in [3.8, 4) is 5.75 Å². The number of rotatable bonds is 7. The lowest BCUT2D eigenvalue weighted by atomic mass is 10.1. The highest BCUT2D eigenvalue weighted by molar-refractivity contribution is 9.08. The summed E-state index contributed by atoms with van der Waals surface area (Å²) in [6.45, 7) is 2.18. The van der Waals surface area contributed by atoms with Gasteiger partial charge >= 0.3 is 5.97 Å². The fourth-order valence-corrected chi connectivity index (χ4v) is 2.91. The monoisotopic (exact) mass is 371 g/mol. The maximum Gasteiger partial charge on any atom is 0.311 e. The summed E-state index contributed by atoms with van der Waals surface area (Å²) in [6.07, 6.45) is 7.80. The number of hydrogen-bond acceptors (Lipinski definition) is 2. The number of fused-ring (bicyclic) bond motifs is 1. The van der Waals surface area contributed by atoms with Crippen LogP contribution >= 0.6 is 27.7 Å². The van der Waals surface area contributed by atoms with Crippen LogP contribution in [0, 0.1) is 0 Å². The van der Waals surface area contributed by atoms with E-state index >= 15 is 0 Å². The van der Waals surface area contributed by atoms with Crippen LogP contribution in [0.15, 0.2) is 24.4 Å². The van der Waals surface area contributed by atoms with Gasteiger partial charge in [0.05, 0.1) is 27.9 Å². The van der Waals surface area contributed by atoms with Crippen LogP contribution in [0.3, 0.4) is 0 Å². The first-order valence-corrected chi connectivity index (χ1v) is 8.38. The van der Waals surface area contributed by atoms with Crippen molar-refractivity contribution in [2.45, 2.75) is 45.4 Å². The van der Waals surface area contributed by atoms with E-state index in [0.29, 0.717) is 17.2 Å². The van der Waals surface area contributed by atoms with E-state index in [1.807, 2.05) is 12.1 Å². The smallest absolute Gasteiger partial charge is 0.311 e. The van der Waals surface area contributed by atoms with Gasteiger partial charge in [-0.1, -0.05) is 44.2 Å². The Morgan fingerprint density at radius 3 is 2.81 bits per heavy atom. The molecule has 21 heavy (non-hydrogen) atoms. The van der Waals surface area contributed by atoms with E-state index in [4.69, 9.17) is 16.3 Å². The molecule has 0 saturated heterocycles. The third-order valence-corrected chi connectivity index (χ3v) is 4.22. The van der Waals surface area contributed by atoms with Crippen LogP contribution in [-0.2, 0) is 4.79 Å². The molecule has 0 radical (unpaired) electrons. The fourth-order valence-electron chi connectivity index (χ4n) is 2.26. The maximum absolute atomic E-state index is 11.9. The van der Waals surface area contributed by atoms with Gasteiger partial charge in [-0.25, -0.2) is 0 Å². The molecule has 1 aromatic carbocycles. The van der Waals surface area contributed by atoms with Gasteiger partial charge in [0.1, 0.15) is 0 Å². The predicted octanol–water partition coefficient (Wildman–Crippen LogP) is 5.72. The molecule has 5 heteroatoms. The van der Waals surface area contributed by atoms with Gasteiger partial charge in [0.25, 0.3) is 0 Å². The second-order valence-corrected chi connectivity index (χ2v) is 6.30. The summed E-state index contributed by atoms with van der Waals surface area (Å²) in [7, 11) is 0. The minimum absolute atomic E-state index is 0.179. The van der Waals surface area contributed by atoms with Crippen LogP contribution in [0.2, 0.25) is 5.02 Å². The Kier molecular flexibility index (Phi) is 6.12. The number of halogens is 2. The first-order chi connectivity index (χ1) is 10.1. The lowest BCUT2D eigenvalue weighted by molar-refractivity contribution is -0.134. The average molecular weight is 373 g/mol. The van der Waals surface area contributed by atoms with E-state index in [-0.39, 0.29) is 5.97 Å². The molecule has 0 bridgehead atoms. The highest BCUT2D eigenvalue weighted by Gasteiger charge is 2.12. The predicted molar refractivity (Wildman–Crippen MR) is 90.3 cm³/mol. The standard InChI is InChI=1S/C16H19BrClNO2/c1-2-3-4-5-6-7-16(20)21-15-11-19(17)14-10-12(18)8-9-13(14)15/h8-11H,2-7H2,1H3. The molecule has 0 aliphatic rings. The van der Waals surface area contributed by atoms with Crippen LogP contribution < -0.4 is 4.74 Å². The molecule has 0 aliphatic heterocycles. The van der Waals surface area contributed by atoms with E-state index in [9.17, 15) is 4.79 Å². The van der Waals surface area contributed by atoms with Gasteiger partial charge in [-0.2, -0.15) is 0 Å². The molecule has 0 spiro atoms. The van der Waals surface area contributed by atoms with Gasteiger partial charge < -0.3 is 4.74 Å². The van der Waals surface area contributed by atoms with Gasteiger partial charge in [-0.3, -0.25) is 8.39 Å². The Morgan fingerprint density at radius 2 is 2.05 bits per heavy atom. The molecule has 2 aromatic rings. The molecular weight excluding hydrogens is 354 g/mol. The number of aromatic nitrogens is 1. The lowest BCUT2D eigenvalue weighted by Crippen LogP contribution is -2.07. The molecule has 0 N–H and O–H groups in total. The number of carbonyl (C=O) groups excluding carboxylic acids is 1. The van der Waals surface area contributed by atoms with Crippen molar-refractivity contribution < 1.29 is 9.53 Å². The van der Waals surface area contributed by atoms with Crippen LogP contribution in [0.4, 0.5) is 0 Å². The molecule has 0 unspecified atom stereocenters. The van der Waals surface area contributed by atoms with Gasteiger partial charge in [0.2, 0.25) is 0 Å². The summed E-state index contributed by atoms with van der Waals surface area (Å²) >= 11 is 9.36. The largest absolute Gasteiger partial charge is 0.424 e. The van der Waals surface area contributed by atoms with Crippen molar-refractivity contribution in [1.82, 2.24) is 3.59 Å². The summed E-state index contributed by atoms with van der Waals surface area (Å²) in [5, 5.41) is 1.52. The number of ether oxygens (including phenoxy) is 1. The minimum atomic E-state index is -0.179. The maximum atomic E-state index is 11.9. The third-order valence-electron chi connectivity index (χ3n) is 3.39. The van der Waals surface area contributed by atoms with Crippen molar-refractivity contribution in [3.05, 3.63) is 29.4 Å². The van der Waals surface area contributed by atoms with Crippen molar-refractivity contribution in [3.63, 3.8) is 0 Å². The molecule has 3 nitrogen and oxygen atoms in total. The summed E-state index contributed by atoms with van der Waals surface area (Å²) in [6, 6.07) is 5.48. The number of esters is 1. The summed E-state index contributed by atoms with van der Waals surface area (Å²) in [5.74, 6) is 0.388. The van der Waals surface area contributed by atoms with Crippen LogP contribution in [0.5, 0.6) is 5.75 Å². The zero-order valence-corrected chi connectivity index (χ0v) is 14.4. The highest BCUT2D eigenvalue weighted by Crippen LogP contribution is 2.31. The van der Waals surface area contributed by atoms with Gasteiger partial charge in [0, 0.05) is 16.8 Å². The molecule has 0 fully saturated rings. The lowest BCUT2D eigenvalue weighted by Gasteiger charge is -2.03. The Bertz CT molecular complexity index is 624. The molecule has 2 rings (SSSR count).